The van der Waals surface area contributed by atoms with Crippen LogP contribution in [0.15, 0.2) is 11.6 Å². The molecule has 7 atom stereocenters. The van der Waals surface area contributed by atoms with Gasteiger partial charge in [-0.2, -0.15) is 0 Å². The Morgan fingerprint density at radius 3 is 2.62 bits per heavy atom. The Hall–Kier alpha value is -0.340. The first-order valence-corrected chi connectivity index (χ1v) is 10.2. The van der Waals surface area contributed by atoms with Crippen molar-refractivity contribution in [2.24, 2.45) is 34.5 Å². The number of rotatable bonds is 1. The molecule has 24 heavy (non-hydrogen) atoms. The third kappa shape index (κ3) is 2.21. The van der Waals surface area contributed by atoms with Crippen LogP contribution in [-0.4, -0.2) is 22.4 Å². The molecule has 4 aliphatic carbocycles. The Bertz CT molecular complexity index is 608. The average molecular weight is 335 g/mol. The maximum Gasteiger partial charge on any atom is 0.0622 e. The van der Waals surface area contributed by atoms with Crippen LogP contribution in [0.25, 0.3) is 0 Å². The Morgan fingerprint density at radius 2 is 1.92 bits per heavy atom. The molecule has 0 radical (unpaired) electrons. The van der Waals surface area contributed by atoms with Crippen LogP contribution >= 0.6 is 0 Å². The van der Waals surface area contributed by atoms with E-state index in [1.54, 1.807) is 5.57 Å². The number of allylic oxidation sites excluding steroid dienone is 2. The van der Waals surface area contributed by atoms with E-state index in [1.165, 1.54) is 12.8 Å². The number of fused-ring (bicyclic) bond motifs is 5. The molecule has 2 heteroatoms. The fraction of sp³-hybridized carbons (Fsp3) is 0.909. The molecule has 4 rings (SSSR count). The molecule has 0 bridgehead atoms. The summed E-state index contributed by atoms with van der Waals surface area (Å²) >= 11 is 0. The van der Waals surface area contributed by atoms with Gasteiger partial charge in [0.1, 0.15) is 0 Å². The minimum absolute atomic E-state index is 0.0967. The summed E-state index contributed by atoms with van der Waals surface area (Å²) in [5.74, 6) is 1.51. The monoisotopic (exact) mass is 334 g/mol. The molecule has 0 aromatic heterocycles. The molecule has 4 saturated carbocycles. The lowest BCUT2D eigenvalue weighted by Crippen LogP contribution is -2.57. The molecule has 4 aliphatic rings. The predicted octanol–water partition coefficient (Wildman–Crippen LogP) is 4.70. The molecule has 136 valence electrons. The number of aliphatic hydroxyl groups is 2. The second kappa shape index (κ2) is 5.58. The van der Waals surface area contributed by atoms with Gasteiger partial charge in [-0.25, -0.2) is 0 Å². The first kappa shape index (κ1) is 14.8. The van der Waals surface area contributed by atoms with E-state index in [2.05, 4.69) is 19.9 Å². The van der Waals surface area contributed by atoms with Gasteiger partial charge in [-0.15, -0.1) is 0 Å². The third-order valence-corrected chi connectivity index (χ3v) is 8.84. The Labute approximate surface area is 150 Å². The maximum atomic E-state index is 10.8. The van der Waals surface area contributed by atoms with Crippen molar-refractivity contribution in [2.45, 2.75) is 84.2 Å². The third-order valence-electron chi connectivity index (χ3n) is 8.84. The summed E-state index contributed by atoms with van der Waals surface area (Å²) in [7, 11) is 0. The molecule has 0 saturated heterocycles. The van der Waals surface area contributed by atoms with Crippen LogP contribution in [-0.2, 0) is 0 Å². The van der Waals surface area contributed by atoms with Gasteiger partial charge in [-0.05, 0) is 106 Å². The summed E-state index contributed by atoms with van der Waals surface area (Å²) in [4.78, 5) is 0. The molecule has 0 aromatic rings. The standard InChI is InChI=1S/C22H36O2/c1-4-15-6-8-18-17-7-5-16-13-20(2,24)11-12-22(16,14-23)19(17)9-10-21(15,18)3/h4,16-19,23-24H,5-14H2,1-3H3/b15-4-/t16-,17+,18+,19+,20-,21-,22-/m1/s1/i14D2. The molecule has 0 heterocycles. The van der Waals surface area contributed by atoms with Crippen LogP contribution in [0.3, 0.4) is 0 Å². The van der Waals surface area contributed by atoms with Crippen LogP contribution in [0.4, 0.5) is 0 Å². The van der Waals surface area contributed by atoms with Crippen molar-refractivity contribution in [3.8, 4) is 0 Å². The highest BCUT2D eigenvalue weighted by Gasteiger charge is 2.61. The van der Waals surface area contributed by atoms with Gasteiger partial charge in [-0.1, -0.05) is 18.6 Å². The van der Waals surface area contributed by atoms with Crippen molar-refractivity contribution in [3.63, 3.8) is 0 Å². The average Bonchev–Trinajstić information content (AvgIpc) is 2.88. The first-order valence-electron chi connectivity index (χ1n) is 11.2. The van der Waals surface area contributed by atoms with E-state index < -0.39 is 17.6 Å². The zero-order valence-corrected chi connectivity index (χ0v) is 15.6. The summed E-state index contributed by atoms with van der Waals surface area (Å²) in [6.45, 7) is 4.34. The van der Waals surface area contributed by atoms with E-state index in [-0.39, 0.29) is 17.3 Å². The van der Waals surface area contributed by atoms with Crippen LogP contribution in [0.1, 0.15) is 81.3 Å². The summed E-state index contributed by atoms with van der Waals surface area (Å²) in [5.41, 5.74) is 0.515. The molecule has 2 N–H and O–H groups in total. The van der Waals surface area contributed by atoms with Gasteiger partial charge >= 0.3 is 0 Å². The smallest absolute Gasteiger partial charge is 0.0622 e. The van der Waals surface area contributed by atoms with E-state index in [0.29, 0.717) is 31.1 Å². The van der Waals surface area contributed by atoms with Crippen molar-refractivity contribution in [3.05, 3.63) is 11.6 Å². The number of hydrogen-bond donors (Lipinski definition) is 2. The molecule has 0 unspecified atom stereocenters. The second-order valence-electron chi connectivity index (χ2n) is 9.81. The van der Waals surface area contributed by atoms with E-state index in [1.807, 2.05) is 6.92 Å². The zero-order valence-electron chi connectivity index (χ0n) is 17.6. The predicted molar refractivity (Wildman–Crippen MR) is 97.5 cm³/mol. The van der Waals surface area contributed by atoms with Gasteiger partial charge in [-0.3, -0.25) is 0 Å². The van der Waals surface area contributed by atoms with Crippen molar-refractivity contribution in [2.75, 3.05) is 6.56 Å². The lowest BCUT2D eigenvalue weighted by molar-refractivity contribution is -0.164. The van der Waals surface area contributed by atoms with Crippen molar-refractivity contribution in [1.82, 2.24) is 0 Å². The van der Waals surface area contributed by atoms with Gasteiger partial charge in [0.15, 0.2) is 0 Å². The summed E-state index contributed by atoms with van der Waals surface area (Å²) in [5, 5.41) is 21.4. The van der Waals surface area contributed by atoms with Crippen LogP contribution in [0, 0.1) is 34.5 Å². The summed E-state index contributed by atoms with van der Waals surface area (Å²) in [6, 6.07) is 0. The molecule has 0 aliphatic heterocycles. The Kier molecular flexibility index (Phi) is 3.44. The Balaban J connectivity index is 1.73. The van der Waals surface area contributed by atoms with Crippen LogP contribution in [0.5, 0.6) is 0 Å². The summed E-state index contributed by atoms with van der Waals surface area (Å²) < 4.78 is 16.9. The van der Waals surface area contributed by atoms with Gasteiger partial charge in [0.25, 0.3) is 0 Å². The van der Waals surface area contributed by atoms with Gasteiger partial charge < -0.3 is 10.2 Å². The number of hydrogen-bond acceptors (Lipinski definition) is 2. The second-order valence-corrected chi connectivity index (χ2v) is 9.81. The van der Waals surface area contributed by atoms with Gasteiger partial charge in [0.2, 0.25) is 0 Å². The van der Waals surface area contributed by atoms with Crippen LogP contribution < -0.4 is 0 Å². The minimum Gasteiger partial charge on any atom is -0.396 e. The molecule has 0 amide bonds. The fourth-order valence-corrected chi connectivity index (χ4v) is 7.62. The zero-order chi connectivity index (χ0) is 19.0. The van der Waals surface area contributed by atoms with Gasteiger partial charge in [0.05, 0.1) is 8.34 Å². The lowest BCUT2D eigenvalue weighted by Gasteiger charge is -2.62. The maximum absolute atomic E-state index is 10.8. The molecule has 2 nitrogen and oxygen atoms in total. The highest BCUT2D eigenvalue weighted by atomic mass is 16.3. The highest BCUT2D eigenvalue weighted by Crippen LogP contribution is 2.67. The lowest BCUT2D eigenvalue weighted by atomic mass is 9.44. The molecular weight excluding hydrogens is 296 g/mol. The molecule has 0 spiro atoms. The van der Waals surface area contributed by atoms with Crippen molar-refractivity contribution in [1.29, 1.82) is 0 Å². The first-order chi connectivity index (χ1) is 12.1. The van der Waals surface area contributed by atoms with Crippen molar-refractivity contribution < 1.29 is 13.0 Å². The highest BCUT2D eigenvalue weighted by molar-refractivity contribution is 5.24. The fourth-order valence-electron chi connectivity index (χ4n) is 7.62. The van der Waals surface area contributed by atoms with E-state index >= 15 is 0 Å². The topological polar surface area (TPSA) is 40.5 Å². The minimum atomic E-state index is -2.16. The van der Waals surface area contributed by atoms with Gasteiger partial charge in [0, 0.05) is 6.56 Å². The quantitative estimate of drug-likeness (QED) is 0.682. The molecule has 4 fully saturated rings. The largest absolute Gasteiger partial charge is 0.396 e. The van der Waals surface area contributed by atoms with Crippen LogP contribution in [0.2, 0.25) is 0 Å². The Morgan fingerprint density at radius 1 is 1.12 bits per heavy atom. The summed E-state index contributed by atoms with van der Waals surface area (Å²) in [6.07, 6.45) is 10.8. The van der Waals surface area contributed by atoms with Crippen molar-refractivity contribution >= 4 is 0 Å². The SMILES string of the molecule is [2H]C([2H])(O)[C@]12CC[C@@](C)(O)C[C@H]1CC[C@@H]1[C@@H]2CC[C@]2(C)/C(=C\C)CC[C@@H]12. The van der Waals surface area contributed by atoms with E-state index in [9.17, 15) is 10.2 Å². The molecular formula is C22H36O2. The molecule has 0 aromatic carbocycles. The normalized spacial score (nSPS) is 57.6. The van der Waals surface area contributed by atoms with E-state index in [0.717, 1.165) is 25.7 Å². The van der Waals surface area contributed by atoms with E-state index in [4.69, 9.17) is 2.74 Å².